The van der Waals surface area contributed by atoms with Crippen LogP contribution in [0.4, 0.5) is 8.78 Å². The van der Waals surface area contributed by atoms with Crippen molar-refractivity contribution in [2.75, 3.05) is 7.11 Å². The van der Waals surface area contributed by atoms with Crippen molar-refractivity contribution in [3.63, 3.8) is 0 Å². The Morgan fingerprint density at radius 3 is 2.65 bits per heavy atom. The maximum atomic E-state index is 12.4. The van der Waals surface area contributed by atoms with E-state index in [9.17, 15) is 13.6 Å². The number of nitrogens with zero attached hydrogens (tertiary/aromatic N) is 1. The van der Waals surface area contributed by atoms with Crippen LogP contribution < -0.4 is 9.47 Å². The van der Waals surface area contributed by atoms with E-state index in [0.29, 0.717) is 11.1 Å². The maximum Gasteiger partial charge on any atom is 0.387 e. The highest BCUT2D eigenvalue weighted by atomic mass is 127. The van der Waals surface area contributed by atoms with Crippen LogP contribution in [0.2, 0.25) is 0 Å². The van der Waals surface area contributed by atoms with E-state index < -0.39 is 12.6 Å². The number of alkyl halides is 2. The molecule has 0 radical (unpaired) electrons. The van der Waals surface area contributed by atoms with Crippen molar-refractivity contribution in [3.05, 3.63) is 62.9 Å². The third-order valence-corrected chi connectivity index (χ3v) is 4.37. The second-order valence-electron chi connectivity index (χ2n) is 5.10. The van der Waals surface area contributed by atoms with Crippen LogP contribution in [-0.2, 0) is 9.53 Å². The highest BCUT2D eigenvalue weighted by molar-refractivity contribution is 14.1. The van der Waals surface area contributed by atoms with E-state index in [2.05, 4.69) is 32.3 Å². The highest BCUT2D eigenvalue weighted by Crippen LogP contribution is 2.31. The average molecular weight is 471 g/mol. The van der Waals surface area contributed by atoms with Crippen molar-refractivity contribution >= 4 is 40.5 Å². The monoisotopic (exact) mass is 471 g/mol. The lowest BCUT2D eigenvalue weighted by Gasteiger charge is -2.10. The molecule has 2 aromatic carbocycles. The molecule has 8 heteroatoms. The Kier molecular flexibility index (Phi) is 5.50. The predicted molar refractivity (Wildman–Crippen MR) is 99.4 cm³/mol. The Labute approximate surface area is 161 Å². The number of hydrogen-bond donors (Lipinski definition) is 0. The number of benzene rings is 2. The van der Waals surface area contributed by atoms with Crippen molar-refractivity contribution in [3.8, 4) is 11.5 Å². The van der Waals surface area contributed by atoms with E-state index in [4.69, 9.17) is 9.47 Å². The molecule has 0 saturated heterocycles. The van der Waals surface area contributed by atoms with E-state index >= 15 is 0 Å². The molecule has 2 aromatic rings. The summed E-state index contributed by atoms with van der Waals surface area (Å²) < 4.78 is 40.3. The molecule has 0 bridgehead atoms. The van der Waals surface area contributed by atoms with Crippen LogP contribution in [0.5, 0.6) is 11.5 Å². The topological polar surface area (TPSA) is 57.1 Å². The van der Waals surface area contributed by atoms with E-state index in [1.807, 2.05) is 18.2 Å². The number of halogens is 3. The van der Waals surface area contributed by atoms with Crippen molar-refractivity contribution in [1.29, 1.82) is 0 Å². The van der Waals surface area contributed by atoms with Gasteiger partial charge in [-0.1, -0.05) is 18.2 Å². The van der Waals surface area contributed by atoms with Crippen LogP contribution in [0, 0.1) is 3.57 Å². The van der Waals surface area contributed by atoms with Crippen LogP contribution >= 0.6 is 22.6 Å². The summed E-state index contributed by atoms with van der Waals surface area (Å²) in [7, 11) is 1.34. The minimum Gasteiger partial charge on any atom is -0.493 e. The molecule has 0 aliphatic carbocycles. The number of rotatable bonds is 5. The molecule has 134 valence electrons. The summed E-state index contributed by atoms with van der Waals surface area (Å²) in [5.41, 5.74) is 1.34. The van der Waals surface area contributed by atoms with Crippen LogP contribution in [-0.4, -0.2) is 25.6 Å². The van der Waals surface area contributed by atoms with Crippen molar-refractivity contribution in [1.82, 2.24) is 0 Å². The Hall–Kier alpha value is -2.49. The quantitative estimate of drug-likeness (QED) is 0.372. The first kappa shape index (κ1) is 18.3. The van der Waals surface area contributed by atoms with Gasteiger partial charge in [0, 0.05) is 3.57 Å². The number of ether oxygens (including phenoxy) is 3. The molecule has 1 aliphatic heterocycles. The summed E-state index contributed by atoms with van der Waals surface area (Å²) in [6.45, 7) is -2.96. The molecule has 0 saturated carbocycles. The van der Waals surface area contributed by atoms with E-state index in [1.165, 1.54) is 31.4 Å². The van der Waals surface area contributed by atoms with Gasteiger partial charge in [-0.15, -0.1) is 0 Å². The van der Waals surface area contributed by atoms with Gasteiger partial charge in [-0.3, -0.25) is 0 Å². The zero-order valence-electron chi connectivity index (χ0n) is 13.4. The van der Waals surface area contributed by atoms with Crippen LogP contribution in [0.25, 0.3) is 6.08 Å². The molecule has 0 N–H and O–H groups in total. The summed E-state index contributed by atoms with van der Waals surface area (Å²) in [5.74, 6) is -0.350. The number of aliphatic imine (C=N–C) groups is 1. The molecular formula is C18H12F2INO4. The fourth-order valence-electron chi connectivity index (χ4n) is 2.28. The predicted octanol–water partition coefficient (Wildman–Crippen LogP) is 4.25. The Morgan fingerprint density at radius 1 is 1.19 bits per heavy atom. The fraction of sp³-hybridized carbons (Fsp3) is 0.111. The minimum absolute atomic E-state index is 0.0957. The van der Waals surface area contributed by atoms with Gasteiger partial charge in [-0.25, -0.2) is 9.79 Å². The number of carbonyl (C=O) groups excluding carboxylic acids is 1. The molecule has 0 amide bonds. The Bertz CT molecular complexity index is 912. The third kappa shape index (κ3) is 4.01. The number of cyclic esters (lactones) is 1. The van der Waals surface area contributed by atoms with Crippen LogP contribution in [0.15, 0.2) is 53.2 Å². The second kappa shape index (κ2) is 7.81. The summed E-state index contributed by atoms with van der Waals surface area (Å²) in [4.78, 5) is 16.3. The largest absolute Gasteiger partial charge is 0.493 e. The molecular weight excluding hydrogens is 459 g/mol. The number of carbonyl (C=O) groups is 1. The molecule has 1 heterocycles. The van der Waals surface area contributed by atoms with E-state index in [-0.39, 0.29) is 23.1 Å². The smallest absolute Gasteiger partial charge is 0.387 e. The summed E-state index contributed by atoms with van der Waals surface area (Å²) in [5, 5.41) is 0. The lowest BCUT2D eigenvalue weighted by molar-refractivity contribution is -0.129. The van der Waals surface area contributed by atoms with Crippen molar-refractivity contribution in [2.24, 2.45) is 4.99 Å². The minimum atomic E-state index is -2.96. The molecule has 5 nitrogen and oxygen atoms in total. The second-order valence-corrected chi connectivity index (χ2v) is 6.27. The highest BCUT2D eigenvalue weighted by Gasteiger charge is 2.25. The Morgan fingerprint density at radius 2 is 1.96 bits per heavy atom. The van der Waals surface area contributed by atoms with Gasteiger partial charge in [0.25, 0.3) is 0 Å². The summed E-state index contributed by atoms with van der Waals surface area (Å²) in [6, 6.07) is 11.7. The fourth-order valence-corrected chi connectivity index (χ4v) is 2.90. The number of methoxy groups -OCH3 is 1. The van der Waals surface area contributed by atoms with Gasteiger partial charge in [-0.05, 0) is 58.5 Å². The van der Waals surface area contributed by atoms with Gasteiger partial charge in [0.2, 0.25) is 5.90 Å². The molecule has 0 aromatic heterocycles. The van der Waals surface area contributed by atoms with Crippen LogP contribution in [0.3, 0.4) is 0 Å². The molecule has 1 aliphatic rings. The first-order valence-electron chi connectivity index (χ1n) is 7.38. The normalized spacial score (nSPS) is 15.2. The number of esters is 1. The van der Waals surface area contributed by atoms with Crippen molar-refractivity contribution < 1.29 is 27.8 Å². The molecule has 0 fully saturated rings. The molecule has 26 heavy (non-hydrogen) atoms. The number of hydrogen-bond acceptors (Lipinski definition) is 5. The van der Waals surface area contributed by atoms with Gasteiger partial charge in [-0.2, -0.15) is 8.78 Å². The lowest BCUT2D eigenvalue weighted by Crippen LogP contribution is -2.06. The van der Waals surface area contributed by atoms with Gasteiger partial charge < -0.3 is 14.2 Å². The van der Waals surface area contributed by atoms with E-state index in [1.54, 1.807) is 6.07 Å². The van der Waals surface area contributed by atoms with Gasteiger partial charge in [0.15, 0.2) is 17.2 Å². The molecule has 0 spiro atoms. The zero-order chi connectivity index (χ0) is 18.7. The molecule has 0 unspecified atom stereocenters. The van der Waals surface area contributed by atoms with E-state index in [0.717, 1.165) is 3.57 Å². The zero-order valence-corrected chi connectivity index (χ0v) is 15.6. The van der Waals surface area contributed by atoms with Gasteiger partial charge >= 0.3 is 12.6 Å². The summed E-state index contributed by atoms with van der Waals surface area (Å²) >= 11 is 2.13. The standard InChI is InChI=1S/C18H12F2INO4/c1-24-15-9-10(6-7-14(15)25-18(19)20)8-13-17(23)26-16(22-13)11-4-2-3-5-12(11)21/h2-9,18H,1H3/b13-8-. The first-order chi connectivity index (χ1) is 12.5. The average Bonchev–Trinajstić information content (AvgIpc) is 2.96. The third-order valence-electron chi connectivity index (χ3n) is 3.43. The molecule has 0 atom stereocenters. The van der Waals surface area contributed by atoms with Crippen LogP contribution in [0.1, 0.15) is 11.1 Å². The first-order valence-corrected chi connectivity index (χ1v) is 8.46. The molecule has 3 rings (SSSR count). The maximum absolute atomic E-state index is 12.4. The van der Waals surface area contributed by atoms with Gasteiger partial charge in [0.05, 0.1) is 12.7 Å². The lowest BCUT2D eigenvalue weighted by atomic mass is 10.1. The summed E-state index contributed by atoms with van der Waals surface area (Å²) in [6.07, 6.45) is 1.49. The SMILES string of the molecule is COc1cc(/C=C2\N=C(c3ccccc3I)OC2=O)ccc1OC(F)F. The Balaban J connectivity index is 1.92. The van der Waals surface area contributed by atoms with Crippen molar-refractivity contribution in [2.45, 2.75) is 6.61 Å². The van der Waals surface area contributed by atoms with Gasteiger partial charge in [0.1, 0.15) is 0 Å².